The molecular formula is C13H21N3. The molecule has 0 atom stereocenters. The van der Waals surface area contributed by atoms with Crippen LogP contribution >= 0.6 is 0 Å². The fourth-order valence-electron chi connectivity index (χ4n) is 2.02. The molecule has 2 N–H and O–H groups in total. The van der Waals surface area contributed by atoms with E-state index in [4.69, 9.17) is 0 Å². The van der Waals surface area contributed by atoms with Crippen LogP contribution < -0.4 is 11.0 Å². The molecule has 0 amide bonds. The summed E-state index contributed by atoms with van der Waals surface area (Å²) in [6, 6.07) is 10.6. The minimum absolute atomic E-state index is 0.966. The summed E-state index contributed by atoms with van der Waals surface area (Å²) < 4.78 is 0. The van der Waals surface area contributed by atoms with Crippen LogP contribution in [0.25, 0.3) is 0 Å². The standard InChI is InChI=1S/C13H21N3/c1-2-7-11-16(15-14-10-6-1)12-13-8-4-3-5-9-13/h3-5,8-9,14-15H,1-2,6-7,10-12H2. The van der Waals surface area contributed by atoms with Crippen molar-refractivity contribution in [3.05, 3.63) is 35.9 Å². The number of hydrazine groups is 2. The van der Waals surface area contributed by atoms with E-state index in [1.165, 1.54) is 31.2 Å². The number of benzene rings is 1. The first-order valence-electron chi connectivity index (χ1n) is 6.22. The van der Waals surface area contributed by atoms with E-state index in [1.54, 1.807) is 0 Å². The number of hydrogen-bond donors (Lipinski definition) is 2. The van der Waals surface area contributed by atoms with Crippen LogP contribution in [0.15, 0.2) is 30.3 Å². The Balaban J connectivity index is 1.86. The van der Waals surface area contributed by atoms with Gasteiger partial charge in [0.2, 0.25) is 0 Å². The van der Waals surface area contributed by atoms with E-state index in [0.717, 1.165) is 19.6 Å². The van der Waals surface area contributed by atoms with Gasteiger partial charge in [0.1, 0.15) is 0 Å². The molecule has 3 heteroatoms. The molecule has 0 spiro atoms. The largest absolute Gasteiger partial charge is 0.244 e. The van der Waals surface area contributed by atoms with E-state index in [0.29, 0.717) is 0 Å². The zero-order chi connectivity index (χ0) is 11.1. The first kappa shape index (κ1) is 11.6. The van der Waals surface area contributed by atoms with E-state index in [1.807, 2.05) is 0 Å². The number of hydrogen-bond acceptors (Lipinski definition) is 3. The molecule has 0 saturated carbocycles. The van der Waals surface area contributed by atoms with Crippen LogP contribution in [0.1, 0.15) is 31.2 Å². The lowest BCUT2D eigenvalue weighted by atomic mass is 10.2. The molecule has 0 aliphatic carbocycles. The fourth-order valence-corrected chi connectivity index (χ4v) is 2.02. The summed E-state index contributed by atoms with van der Waals surface area (Å²) in [4.78, 5) is 0. The van der Waals surface area contributed by atoms with Crippen LogP contribution in [0.5, 0.6) is 0 Å². The van der Waals surface area contributed by atoms with E-state index in [9.17, 15) is 0 Å². The fraction of sp³-hybridized carbons (Fsp3) is 0.538. The first-order chi connectivity index (χ1) is 7.95. The summed E-state index contributed by atoms with van der Waals surface area (Å²) in [5.74, 6) is 0. The number of rotatable bonds is 2. The summed E-state index contributed by atoms with van der Waals surface area (Å²) in [6.07, 6.45) is 5.23. The summed E-state index contributed by atoms with van der Waals surface area (Å²) in [6.45, 7) is 3.14. The Hall–Kier alpha value is -0.900. The molecule has 2 rings (SSSR count). The van der Waals surface area contributed by atoms with E-state index >= 15 is 0 Å². The normalized spacial score (nSPS) is 19.8. The van der Waals surface area contributed by atoms with Crippen molar-refractivity contribution in [2.24, 2.45) is 0 Å². The molecule has 1 heterocycles. The van der Waals surface area contributed by atoms with Crippen LogP contribution in [0.3, 0.4) is 0 Å². The topological polar surface area (TPSA) is 27.3 Å². The Kier molecular flexibility index (Phi) is 4.80. The zero-order valence-electron chi connectivity index (χ0n) is 9.78. The summed E-state index contributed by atoms with van der Waals surface area (Å²) >= 11 is 0. The highest BCUT2D eigenvalue weighted by Gasteiger charge is 2.06. The van der Waals surface area contributed by atoms with Crippen LogP contribution in [0.4, 0.5) is 0 Å². The summed E-state index contributed by atoms with van der Waals surface area (Å²) in [7, 11) is 0. The number of nitrogens with zero attached hydrogens (tertiary/aromatic N) is 1. The maximum Gasteiger partial charge on any atom is 0.0395 e. The molecule has 1 aromatic carbocycles. The Bertz CT molecular complexity index is 276. The lowest BCUT2D eigenvalue weighted by Crippen LogP contribution is -2.46. The summed E-state index contributed by atoms with van der Waals surface area (Å²) in [5.41, 5.74) is 7.92. The zero-order valence-corrected chi connectivity index (χ0v) is 9.78. The van der Waals surface area contributed by atoms with Gasteiger partial charge in [-0.2, -0.15) is 5.53 Å². The van der Waals surface area contributed by atoms with Crippen molar-refractivity contribution in [2.75, 3.05) is 13.1 Å². The van der Waals surface area contributed by atoms with Gasteiger partial charge in [-0.3, -0.25) is 0 Å². The van der Waals surface area contributed by atoms with E-state index < -0.39 is 0 Å². The Labute approximate surface area is 97.8 Å². The molecule has 1 aromatic rings. The SMILES string of the molecule is c1ccc(CN2CCCCCCNN2)cc1. The Morgan fingerprint density at radius 2 is 1.81 bits per heavy atom. The molecule has 1 aliphatic heterocycles. The monoisotopic (exact) mass is 219 g/mol. The molecule has 16 heavy (non-hydrogen) atoms. The van der Waals surface area contributed by atoms with Gasteiger partial charge in [-0.1, -0.05) is 43.2 Å². The van der Waals surface area contributed by atoms with Crippen LogP contribution in [0.2, 0.25) is 0 Å². The van der Waals surface area contributed by atoms with Gasteiger partial charge in [-0.05, 0) is 18.4 Å². The number of nitrogens with one attached hydrogen (secondary N) is 2. The highest BCUT2D eigenvalue weighted by molar-refractivity contribution is 5.14. The third-order valence-electron chi connectivity index (χ3n) is 2.93. The van der Waals surface area contributed by atoms with Gasteiger partial charge in [0.25, 0.3) is 0 Å². The van der Waals surface area contributed by atoms with Gasteiger partial charge in [-0.25, -0.2) is 10.4 Å². The third-order valence-corrected chi connectivity index (χ3v) is 2.93. The Morgan fingerprint density at radius 1 is 1.00 bits per heavy atom. The molecule has 3 nitrogen and oxygen atoms in total. The minimum Gasteiger partial charge on any atom is -0.244 e. The van der Waals surface area contributed by atoms with Crippen LogP contribution in [-0.4, -0.2) is 18.1 Å². The van der Waals surface area contributed by atoms with Crippen molar-refractivity contribution in [2.45, 2.75) is 32.2 Å². The minimum atomic E-state index is 0.966. The van der Waals surface area contributed by atoms with Crippen molar-refractivity contribution in [3.8, 4) is 0 Å². The second-order valence-electron chi connectivity index (χ2n) is 4.36. The van der Waals surface area contributed by atoms with Crippen LogP contribution in [-0.2, 0) is 6.54 Å². The lowest BCUT2D eigenvalue weighted by molar-refractivity contribution is 0.145. The van der Waals surface area contributed by atoms with Gasteiger partial charge in [0.15, 0.2) is 0 Å². The maximum absolute atomic E-state index is 3.29. The maximum atomic E-state index is 3.29. The lowest BCUT2D eigenvalue weighted by Gasteiger charge is -2.22. The molecule has 0 bridgehead atoms. The van der Waals surface area contributed by atoms with Crippen molar-refractivity contribution in [3.63, 3.8) is 0 Å². The van der Waals surface area contributed by atoms with E-state index in [-0.39, 0.29) is 0 Å². The van der Waals surface area contributed by atoms with Crippen molar-refractivity contribution in [1.29, 1.82) is 0 Å². The third kappa shape index (κ3) is 3.93. The van der Waals surface area contributed by atoms with Crippen molar-refractivity contribution < 1.29 is 0 Å². The van der Waals surface area contributed by atoms with Crippen LogP contribution in [0, 0.1) is 0 Å². The molecule has 1 saturated heterocycles. The second kappa shape index (κ2) is 6.63. The van der Waals surface area contributed by atoms with Gasteiger partial charge < -0.3 is 0 Å². The van der Waals surface area contributed by atoms with Gasteiger partial charge in [-0.15, -0.1) is 0 Å². The van der Waals surface area contributed by atoms with Gasteiger partial charge in [0, 0.05) is 19.6 Å². The molecule has 0 unspecified atom stereocenters. The average molecular weight is 219 g/mol. The highest BCUT2D eigenvalue weighted by Crippen LogP contribution is 2.06. The highest BCUT2D eigenvalue weighted by atomic mass is 15.7. The second-order valence-corrected chi connectivity index (χ2v) is 4.36. The first-order valence-corrected chi connectivity index (χ1v) is 6.22. The predicted molar refractivity (Wildman–Crippen MR) is 66.5 cm³/mol. The van der Waals surface area contributed by atoms with Crippen molar-refractivity contribution >= 4 is 0 Å². The molecule has 88 valence electrons. The smallest absolute Gasteiger partial charge is 0.0395 e. The quantitative estimate of drug-likeness (QED) is 0.797. The van der Waals surface area contributed by atoms with Gasteiger partial charge in [0.05, 0.1) is 0 Å². The molecule has 1 aliphatic rings. The van der Waals surface area contributed by atoms with Gasteiger partial charge >= 0.3 is 0 Å². The van der Waals surface area contributed by atoms with E-state index in [2.05, 4.69) is 46.3 Å². The molecule has 0 aromatic heterocycles. The average Bonchev–Trinajstić information content (AvgIpc) is 2.45. The molecular weight excluding hydrogens is 198 g/mol. The summed E-state index contributed by atoms with van der Waals surface area (Å²) in [5, 5.41) is 2.26. The molecule has 0 radical (unpaired) electrons. The van der Waals surface area contributed by atoms with Crippen molar-refractivity contribution in [1.82, 2.24) is 16.0 Å². The molecule has 1 fully saturated rings. The predicted octanol–water partition coefficient (Wildman–Crippen LogP) is 2.07. The Morgan fingerprint density at radius 3 is 2.69 bits per heavy atom.